The van der Waals surface area contributed by atoms with Crippen LogP contribution >= 0.6 is 0 Å². The Kier molecular flexibility index (Phi) is 2.69. The molecule has 0 aliphatic carbocycles. The molecular formula is C11H9NO3. The summed E-state index contributed by atoms with van der Waals surface area (Å²) >= 11 is 0. The van der Waals surface area contributed by atoms with E-state index in [2.05, 4.69) is 5.16 Å². The minimum Gasteiger partial charge on any atom is -0.465 e. The Balaban J connectivity index is 2.17. The largest absolute Gasteiger partial charge is 0.465 e. The molecule has 1 N–H and O–H groups in total. The van der Waals surface area contributed by atoms with Crippen molar-refractivity contribution < 1.29 is 14.0 Å². The van der Waals surface area contributed by atoms with Crippen molar-refractivity contribution in [2.75, 3.05) is 0 Å². The molecule has 0 fully saturated rings. The summed E-state index contributed by atoms with van der Waals surface area (Å²) in [5, 5.41) is 11.9. The van der Waals surface area contributed by atoms with Crippen molar-refractivity contribution >= 4 is 11.8 Å². The fourth-order valence-electron chi connectivity index (χ4n) is 1.14. The van der Waals surface area contributed by atoms with E-state index in [0.29, 0.717) is 17.2 Å². The summed E-state index contributed by atoms with van der Waals surface area (Å²) in [5.41, 5.74) is 0.344. The highest BCUT2D eigenvalue weighted by molar-refractivity contribution is 6.08. The fourth-order valence-corrected chi connectivity index (χ4v) is 1.14. The molecule has 0 spiro atoms. The van der Waals surface area contributed by atoms with E-state index < -0.39 is 0 Å². The maximum atomic E-state index is 8.77. The molecule has 0 atom stereocenters. The van der Waals surface area contributed by atoms with Gasteiger partial charge in [0, 0.05) is 0 Å². The van der Waals surface area contributed by atoms with Crippen LogP contribution in [-0.4, -0.2) is 10.9 Å². The molecule has 0 radical (unpaired) electrons. The highest BCUT2D eigenvalue weighted by Crippen LogP contribution is 2.07. The summed E-state index contributed by atoms with van der Waals surface area (Å²) in [5.74, 6) is 1.18. The Morgan fingerprint density at radius 1 is 1.20 bits per heavy atom. The van der Waals surface area contributed by atoms with Gasteiger partial charge in [0.25, 0.3) is 0 Å². The Morgan fingerprint density at radius 3 is 2.60 bits per heavy atom. The van der Waals surface area contributed by atoms with Gasteiger partial charge in [0.15, 0.2) is 5.76 Å². The SMILES string of the molecule is O/N=C(\C=C\c1ccco1)c1ccco1. The van der Waals surface area contributed by atoms with Crippen molar-refractivity contribution in [3.05, 3.63) is 54.4 Å². The number of hydrogen-bond acceptors (Lipinski definition) is 4. The maximum Gasteiger partial charge on any atom is 0.155 e. The summed E-state index contributed by atoms with van der Waals surface area (Å²) in [6, 6.07) is 7.01. The second-order valence-corrected chi connectivity index (χ2v) is 2.81. The Hall–Kier alpha value is -2.23. The summed E-state index contributed by atoms with van der Waals surface area (Å²) in [6.07, 6.45) is 6.39. The summed E-state index contributed by atoms with van der Waals surface area (Å²) < 4.78 is 10.2. The highest BCUT2D eigenvalue weighted by Gasteiger charge is 2.02. The van der Waals surface area contributed by atoms with Crippen molar-refractivity contribution in [2.24, 2.45) is 5.16 Å². The molecular weight excluding hydrogens is 194 g/mol. The zero-order valence-corrected chi connectivity index (χ0v) is 7.83. The Labute approximate surface area is 86.1 Å². The fraction of sp³-hybridized carbons (Fsp3) is 0. The first-order valence-corrected chi connectivity index (χ1v) is 4.37. The minimum absolute atomic E-state index is 0.344. The van der Waals surface area contributed by atoms with Crippen LogP contribution in [0.25, 0.3) is 6.08 Å². The van der Waals surface area contributed by atoms with Crippen LogP contribution in [0.2, 0.25) is 0 Å². The molecule has 4 nitrogen and oxygen atoms in total. The lowest BCUT2D eigenvalue weighted by Gasteiger charge is -1.91. The molecule has 0 bridgehead atoms. The number of allylic oxidation sites excluding steroid dienone is 1. The molecule has 0 saturated carbocycles. The number of hydrogen-bond donors (Lipinski definition) is 1. The molecule has 2 aromatic rings. The van der Waals surface area contributed by atoms with Crippen molar-refractivity contribution in [1.82, 2.24) is 0 Å². The van der Waals surface area contributed by atoms with Gasteiger partial charge in [-0.3, -0.25) is 0 Å². The van der Waals surface area contributed by atoms with E-state index >= 15 is 0 Å². The van der Waals surface area contributed by atoms with Crippen LogP contribution in [0, 0.1) is 0 Å². The number of rotatable bonds is 3. The molecule has 0 unspecified atom stereocenters. The van der Waals surface area contributed by atoms with E-state index in [9.17, 15) is 0 Å². The lowest BCUT2D eigenvalue weighted by Crippen LogP contribution is -1.93. The molecule has 2 rings (SSSR count). The van der Waals surface area contributed by atoms with Gasteiger partial charge in [-0.25, -0.2) is 0 Å². The third-order valence-corrected chi connectivity index (χ3v) is 1.83. The molecule has 15 heavy (non-hydrogen) atoms. The normalized spacial score (nSPS) is 12.4. The summed E-state index contributed by atoms with van der Waals surface area (Å²) in [6.45, 7) is 0. The van der Waals surface area contributed by atoms with Crippen LogP contribution in [0.5, 0.6) is 0 Å². The predicted molar refractivity (Wildman–Crippen MR) is 54.8 cm³/mol. The minimum atomic E-state index is 0.344. The van der Waals surface area contributed by atoms with Gasteiger partial charge in [-0.05, 0) is 36.4 Å². The third kappa shape index (κ3) is 2.17. The molecule has 2 aromatic heterocycles. The molecule has 0 aromatic carbocycles. The molecule has 0 aliphatic rings. The van der Waals surface area contributed by atoms with Gasteiger partial charge >= 0.3 is 0 Å². The molecule has 4 heteroatoms. The van der Waals surface area contributed by atoms with Crippen LogP contribution in [0.4, 0.5) is 0 Å². The van der Waals surface area contributed by atoms with E-state index in [4.69, 9.17) is 14.0 Å². The van der Waals surface area contributed by atoms with Crippen LogP contribution in [0.1, 0.15) is 11.5 Å². The van der Waals surface area contributed by atoms with E-state index in [1.165, 1.54) is 6.26 Å². The van der Waals surface area contributed by atoms with Gasteiger partial charge in [0.05, 0.1) is 12.5 Å². The van der Waals surface area contributed by atoms with Crippen LogP contribution in [-0.2, 0) is 0 Å². The van der Waals surface area contributed by atoms with E-state index in [1.807, 2.05) is 0 Å². The predicted octanol–water partition coefficient (Wildman–Crippen LogP) is 2.76. The second-order valence-electron chi connectivity index (χ2n) is 2.81. The summed E-state index contributed by atoms with van der Waals surface area (Å²) in [7, 11) is 0. The first-order valence-electron chi connectivity index (χ1n) is 4.37. The number of nitrogens with zero attached hydrogens (tertiary/aromatic N) is 1. The lowest BCUT2D eigenvalue weighted by molar-refractivity contribution is 0.318. The van der Waals surface area contributed by atoms with E-state index in [0.717, 1.165) is 0 Å². The monoisotopic (exact) mass is 203 g/mol. The smallest absolute Gasteiger partial charge is 0.155 e. The zero-order valence-electron chi connectivity index (χ0n) is 7.83. The number of oxime groups is 1. The van der Waals surface area contributed by atoms with Gasteiger partial charge in [0.2, 0.25) is 0 Å². The average molecular weight is 203 g/mol. The number of furan rings is 2. The van der Waals surface area contributed by atoms with Gasteiger partial charge < -0.3 is 14.0 Å². The zero-order chi connectivity index (χ0) is 10.5. The quantitative estimate of drug-likeness (QED) is 0.474. The topological polar surface area (TPSA) is 58.9 Å². The average Bonchev–Trinajstić information content (AvgIpc) is 2.90. The van der Waals surface area contributed by atoms with Crippen molar-refractivity contribution in [3.63, 3.8) is 0 Å². The Bertz CT molecular complexity index is 452. The summed E-state index contributed by atoms with van der Waals surface area (Å²) in [4.78, 5) is 0. The maximum absolute atomic E-state index is 8.77. The Morgan fingerprint density at radius 2 is 2.00 bits per heavy atom. The van der Waals surface area contributed by atoms with E-state index in [-0.39, 0.29) is 0 Å². The van der Waals surface area contributed by atoms with Crippen LogP contribution < -0.4 is 0 Å². The first-order chi connectivity index (χ1) is 7.40. The first kappa shape index (κ1) is 9.33. The standard InChI is InChI=1S/C11H9NO3/c13-12-10(11-4-2-8-15-11)6-5-9-3-1-7-14-9/h1-8,13H/b6-5+,12-10+. The van der Waals surface area contributed by atoms with Crippen molar-refractivity contribution in [3.8, 4) is 0 Å². The van der Waals surface area contributed by atoms with E-state index in [1.54, 1.807) is 42.7 Å². The molecule has 0 amide bonds. The van der Waals surface area contributed by atoms with Crippen LogP contribution in [0.15, 0.2) is 56.9 Å². The molecule has 2 heterocycles. The van der Waals surface area contributed by atoms with Gasteiger partial charge in [-0.2, -0.15) is 0 Å². The molecule has 0 saturated heterocycles. The highest BCUT2D eigenvalue weighted by atomic mass is 16.4. The van der Waals surface area contributed by atoms with Gasteiger partial charge in [-0.15, -0.1) is 0 Å². The van der Waals surface area contributed by atoms with Crippen molar-refractivity contribution in [1.29, 1.82) is 0 Å². The van der Waals surface area contributed by atoms with Crippen LogP contribution in [0.3, 0.4) is 0 Å². The van der Waals surface area contributed by atoms with Crippen molar-refractivity contribution in [2.45, 2.75) is 0 Å². The molecule has 0 aliphatic heterocycles. The van der Waals surface area contributed by atoms with Gasteiger partial charge in [0.1, 0.15) is 11.5 Å². The third-order valence-electron chi connectivity index (χ3n) is 1.83. The molecule has 76 valence electrons. The second kappa shape index (κ2) is 4.32. The lowest BCUT2D eigenvalue weighted by atomic mass is 10.2. The van der Waals surface area contributed by atoms with Gasteiger partial charge in [-0.1, -0.05) is 5.16 Å².